The van der Waals surface area contributed by atoms with E-state index in [9.17, 15) is 4.79 Å². The summed E-state index contributed by atoms with van der Waals surface area (Å²) in [5, 5.41) is 3.11. The van der Waals surface area contributed by atoms with Crippen molar-refractivity contribution in [3.63, 3.8) is 0 Å². The van der Waals surface area contributed by atoms with Crippen molar-refractivity contribution in [2.75, 3.05) is 24.7 Å². The highest BCUT2D eigenvalue weighted by Gasteiger charge is 2.30. The molecule has 1 N–H and O–H groups in total. The van der Waals surface area contributed by atoms with Gasteiger partial charge in [-0.1, -0.05) is 29.8 Å². The van der Waals surface area contributed by atoms with Crippen molar-refractivity contribution < 1.29 is 9.53 Å². The maximum atomic E-state index is 12.7. The molecule has 2 amide bonds. The molecule has 1 aliphatic rings. The molecular weight excluding hydrogens is 320 g/mol. The molecule has 0 spiro atoms. The Morgan fingerprint density at radius 3 is 2.62 bits per heavy atom. The van der Waals surface area contributed by atoms with Crippen molar-refractivity contribution in [2.24, 2.45) is 0 Å². The van der Waals surface area contributed by atoms with Crippen LogP contribution in [0.15, 0.2) is 42.5 Å². The number of thioether (sulfide) groups is 1. The van der Waals surface area contributed by atoms with Crippen LogP contribution in [0, 0.1) is 13.8 Å². The van der Waals surface area contributed by atoms with Crippen molar-refractivity contribution in [3.8, 4) is 5.75 Å². The van der Waals surface area contributed by atoms with Crippen LogP contribution in [0.1, 0.15) is 22.1 Å². The van der Waals surface area contributed by atoms with E-state index >= 15 is 0 Å². The van der Waals surface area contributed by atoms with Gasteiger partial charge in [-0.15, -0.1) is 11.8 Å². The summed E-state index contributed by atoms with van der Waals surface area (Å²) in [6.07, 6.45) is 0. The predicted molar refractivity (Wildman–Crippen MR) is 99.8 cm³/mol. The lowest BCUT2D eigenvalue weighted by Gasteiger charge is -2.25. The van der Waals surface area contributed by atoms with Gasteiger partial charge in [0.2, 0.25) is 0 Å². The molecule has 2 aromatic rings. The number of aryl methyl sites for hydroxylation is 2. The first kappa shape index (κ1) is 16.7. The molecule has 2 aromatic carbocycles. The van der Waals surface area contributed by atoms with Crippen molar-refractivity contribution in [3.05, 3.63) is 59.2 Å². The zero-order valence-electron chi connectivity index (χ0n) is 14.2. The third kappa shape index (κ3) is 3.51. The summed E-state index contributed by atoms with van der Waals surface area (Å²) in [6, 6.07) is 14.0. The second-order valence-corrected chi connectivity index (χ2v) is 7.13. The molecule has 24 heavy (non-hydrogen) atoms. The number of nitrogens with zero attached hydrogens (tertiary/aromatic N) is 1. The van der Waals surface area contributed by atoms with Gasteiger partial charge in [0.05, 0.1) is 7.11 Å². The summed E-state index contributed by atoms with van der Waals surface area (Å²) in [5.74, 6) is 1.74. The molecule has 0 aromatic heterocycles. The van der Waals surface area contributed by atoms with Crippen LogP contribution in [0.5, 0.6) is 5.75 Å². The minimum atomic E-state index is -0.0566. The molecule has 0 aliphatic carbocycles. The third-order valence-corrected chi connectivity index (χ3v) is 5.45. The largest absolute Gasteiger partial charge is 0.497 e. The molecule has 1 unspecified atom stereocenters. The molecule has 0 bridgehead atoms. The van der Waals surface area contributed by atoms with Crippen LogP contribution in [0.2, 0.25) is 0 Å². The van der Waals surface area contributed by atoms with Gasteiger partial charge >= 0.3 is 6.03 Å². The number of benzene rings is 2. The van der Waals surface area contributed by atoms with Gasteiger partial charge < -0.3 is 15.0 Å². The second-order valence-electron chi connectivity index (χ2n) is 5.94. The Morgan fingerprint density at radius 2 is 1.96 bits per heavy atom. The monoisotopic (exact) mass is 342 g/mol. The van der Waals surface area contributed by atoms with E-state index in [1.165, 1.54) is 11.1 Å². The smallest absolute Gasteiger partial charge is 0.323 e. The minimum Gasteiger partial charge on any atom is -0.497 e. The molecule has 1 atom stereocenters. The summed E-state index contributed by atoms with van der Waals surface area (Å²) >= 11 is 1.80. The maximum Gasteiger partial charge on any atom is 0.323 e. The van der Waals surface area contributed by atoms with Gasteiger partial charge in [0.1, 0.15) is 11.1 Å². The summed E-state index contributed by atoms with van der Waals surface area (Å²) in [5.41, 5.74) is 4.21. The standard InChI is InChI=1S/C19H22N2O2S/c1-13-4-6-15(7-5-13)18-21(10-11-24-18)19(22)20-17-9-8-16(23-3)12-14(17)2/h4-9,12,18H,10-11H2,1-3H3,(H,20,22). The summed E-state index contributed by atoms with van der Waals surface area (Å²) in [6.45, 7) is 4.79. The van der Waals surface area contributed by atoms with Crippen LogP contribution in [0.4, 0.5) is 10.5 Å². The van der Waals surface area contributed by atoms with E-state index in [1.807, 2.05) is 30.0 Å². The summed E-state index contributed by atoms with van der Waals surface area (Å²) in [4.78, 5) is 14.6. The number of carbonyl (C=O) groups is 1. The van der Waals surface area contributed by atoms with Gasteiger partial charge in [-0.2, -0.15) is 0 Å². The Labute approximate surface area is 147 Å². The number of rotatable bonds is 3. The molecule has 0 radical (unpaired) electrons. The summed E-state index contributed by atoms with van der Waals surface area (Å²) < 4.78 is 5.21. The fourth-order valence-corrected chi connectivity index (χ4v) is 4.03. The number of hydrogen-bond donors (Lipinski definition) is 1. The van der Waals surface area contributed by atoms with Gasteiger partial charge in [0.25, 0.3) is 0 Å². The Morgan fingerprint density at radius 1 is 1.21 bits per heavy atom. The average Bonchev–Trinajstić information content (AvgIpc) is 3.07. The van der Waals surface area contributed by atoms with E-state index in [0.29, 0.717) is 0 Å². The Hall–Kier alpha value is -2.14. The van der Waals surface area contributed by atoms with Crippen LogP contribution in [0.25, 0.3) is 0 Å². The van der Waals surface area contributed by atoms with Crippen LogP contribution >= 0.6 is 11.8 Å². The first-order valence-electron chi connectivity index (χ1n) is 7.99. The topological polar surface area (TPSA) is 41.6 Å². The number of hydrogen-bond acceptors (Lipinski definition) is 3. The molecule has 5 heteroatoms. The van der Waals surface area contributed by atoms with E-state index in [1.54, 1.807) is 18.9 Å². The molecule has 1 saturated heterocycles. The van der Waals surface area contributed by atoms with E-state index in [0.717, 1.165) is 29.3 Å². The molecule has 1 heterocycles. The number of nitrogens with one attached hydrogen (secondary N) is 1. The fourth-order valence-electron chi connectivity index (χ4n) is 2.78. The molecular formula is C19H22N2O2S. The molecule has 3 rings (SSSR count). The highest BCUT2D eigenvalue weighted by atomic mass is 32.2. The lowest BCUT2D eigenvalue weighted by molar-refractivity contribution is 0.214. The Balaban J connectivity index is 1.75. The first-order chi connectivity index (χ1) is 11.6. The Kier molecular flexibility index (Phi) is 5.00. The lowest BCUT2D eigenvalue weighted by atomic mass is 10.1. The molecule has 1 fully saturated rings. The highest BCUT2D eigenvalue weighted by molar-refractivity contribution is 7.99. The predicted octanol–water partition coefficient (Wildman–Crippen LogP) is 4.59. The number of amides is 2. The number of anilines is 1. The van der Waals surface area contributed by atoms with E-state index in [2.05, 4.69) is 36.5 Å². The minimum absolute atomic E-state index is 0.0566. The fraction of sp³-hybridized carbons (Fsp3) is 0.316. The normalized spacial score (nSPS) is 17.0. The number of ether oxygens (including phenoxy) is 1. The molecule has 4 nitrogen and oxygen atoms in total. The lowest BCUT2D eigenvalue weighted by Crippen LogP contribution is -2.34. The van der Waals surface area contributed by atoms with Gasteiger partial charge in [-0.05, 0) is 43.2 Å². The van der Waals surface area contributed by atoms with Crippen molar-refractivity contribution >= 4 is 23.5 Å². The second kappa shape index (κ2) is 7.18. The van der Waals surface area contributed by atoms with Gasteiger partial charge in [-0.25, -0.2) is 4.79 Å². The number of urea groups is 1. The van der Waals surface area contributed by atoms with E-state index in [-0.39, 0.29) is 11.4 Å². The quantitative estimate of drug-likeness (QED) is 0.887. The molecule has 0 saturated carbocycles. The van der Waals surface area contributed by atoms with Crippen LogP contribution in [0.3, 0.4) is 0 Å². The Bertz CT molecular complexity index is 731. The number of carbonyl (C=O) groups excluding carboxylic acids is 1. The highest BCUT2D eigenvalue weighted by Crippen LogP contribution is 2.38. The van der Waals surface area contributed by atoms with Crippen molar-refractivity contribution in [1.29, 1.82) is 0 Å². The van der Waals surface area contributed by atoms with Crippen LogP contribution in [-0.2, 0) is 0 Å². The third-order valence-electron chi connectivity index (χ3n) is 4.19. The van der Waals surface area contributed by atoms with Crippen LogP contribution < -0.4 is 10.1 Å². The average molecular weight is 342 g/mol. The zero-order valence-corrected chi connectivity index (χ0v) is 15.0. The SMILES string of the molecule is COc1ccc(NC(=O)N2CCSC2c2ccc(C)cc2)c(C)c1. The molecule has 1 aliphatic heterocycles. The van der Waals surface area contributed by atoms with Gasteiger partial charge in [0.15, 0.2) is 0 Å². The van der Waals surface area contributed by atoms with Crippen LogP contribution in [-0.4, -0.2) is 30.3 Å². The van der Waals surface area contributed by atoms with Gasteiger partial charge in [0, 0.05) is 18.0 Å². The maximum absolute atomic E-state index is 12.7. The van der Waals surface area contributed by atoms with Crippen molar-refractivity contribution in [1.82, 2.24) is 4.90 Å². The zero-order chi connectivity index (χ0) is 17.1. The van der Waals surface area contributed by atoms with Gasteiger partial charge in [-0.3, -0.25) is 0 Å². The van der Waals surface area contributed by atoms with E-state index < -0.39 is 0 Å². The molecule has 126 valence electrons. The first-order valence-corrected chi connectivity index (χ1v) is 9.04. The van der Waals surface area contributed by atoms with Crippen molar-refractivity contribution in [2.45, 2.75) is 19.2 Å². The van der Waals surface area contributed by atoms with E-state index in [4.69, 9.17) is 4.74 Å². The number of methoxy groups -OCH3 is 1. The summed E-state index contributed by atoms with van der Waals surface area (Å²) in [7, 11) is 1.64.